The van der Waals surface area contributed by atoms with Gasteiger partial charge in [-0.2, -0.15) is 4.36 Å². The molecule has 4 nitrogen and oxygen atoms in total. The van der Waals surface area contributed by atoms with Crippen molar-refractivity contribution in [1.29, 1.82) is 0 Å². The largest absolute Gasteiger partial charge is 0.286 e. The Morgan fingerprint density at radius 3 is 2.41 bits per heavy atom. The van der Waals surface area contributed by atoms with Gasteiger partial charge in [0.05, 0.1) is 15.3 Å². The van der Waals surface area contributed by atoms with Crippen LogP contribution in [-0.4, -0.2) is 21.4 Å². The lowest BCUT2D eigenvalue weighted by atomic mass is 10.1. The van der Waals surface area contributed by atoms with E-state index in [0.717, 1.165) is 22.3 Å². The molecule has 2 aromatic carbocycles. The van der Waals surface area contributed by atoms with Crippen LogP contribution in [0.4, 0.5) is 0 Å². The molecule has 0 saturated heterocycles. The molecule has 29 heavy (non-hydrogen) atoms. The number of aromatic nitrogens is 1. The molecule has 3 aromatic rings. The number of aryl methyl sites for hydroxylation is 3. The van der Waals surface area contributed by atoms with Crippen molar-refractivity contribution in [3.8, 4) is 11.8 Å². The summed E-state index contributed by atoms with van der Waals surface area (Å²) in [4.78, 5) is 17.2. The molecule has 0 fully saturated rings. The van der Waals surface area contributed by atoms with Crippen LogP contribution in [0.1, 0.15) is 38.2 Å². The van der Waals surface area contributed by atoms with Gasteiger partial charge in [0, 0.05) is 34.7 Å². The van der Waals surface area contributed by atoms with Crippen molar-refractivity contribution >= 4 is 15.6 Å². The fourth-order valence-electron chi connectivity index (χ4n) is 2.71. The van der Waals surface area contributed by atoms with Crippen LogP contribution in [0.25, 0.3) is 0 Å². The number of amides is 1. The molecule has 0 saturated carbocycles. The van der Waals surface area contributed by atoms with Crippen LogP contribution < -0.4 is 0 Å². The van der Waals surface area contributed by atoms with E-state index in [2.05, 4.69) is 21.2 Å². The average Bonchev–Trinajstić information content (AvgIpc) is 2.68. The van der Waals surface area contributed by atoms with Gasteiger partial charge < -0.3 is 0 Å². The summed E-state index contributed by atoms with van der Waals surface area (Å²) in [7, 11) is -2.86. The highest BCUT2D eigenvalue weighted by atomic mass is 32.2. The molecule has 0 N–H and O–H groups in total. The van der Waals surface area contributed by atoms with E-state index in [1.165, 1.54) is 12.5 Å². The highest BCUT2D eigenvalue weighted by Gasteiger charge is 2.13. The maximum Gasteiger partial charge on any atom is 0.286 e. The third-order valence-corrected chi connectivity index (χ3v) is 6.17. The summed E-state index contributed by atoms with van der Waals surface area (Å²) in [6.07, 6.45) is 4.48. The number of carbonyl (C=O) groups is 1. The normalized spacial score (nSPS) is 12.4. The fraction of sp³-hybridized carbons (Fsp3) is 0.167. The van der Waals surface area contributed by atoms with E-state index in [1.54, 1.807) is 18.3 Å². The fourth-order valence-corrected chi connectivity index (χ4v) is 3.95. The lowest BCUT2D eigenvalue weighted by molar-refractivity contribution is 0.100. The minimum atomic E-state index is -2.86. The van der Waals surface area contributed by atoms with Gasteiger partial charge in [0.25, 0.3) is 5.91 Å². The molecule has 0 aliphatic rings. The molecule has 0 aliphatic carbocycles. The predicted molar refractivity (Wildman–Crippen MR) is 116 cm³/mol. The van der Waals surface area contributed by atoms with Gasteiger partial charge in [0.2, 0.25) is 0 Å². The number of benzene rings is 2. The molecule has 5 heteroatoms. The summed E-state index contributed by atoms with van der Waals surface area (Å²) in [5.41, 5.74) is 4.98. The van der Waals surface area contributed by atoms with Crippen molar-refractivity contribution < 1.29 is 9.00 Å². The summed E-state index contributed by atoms with van der Waals surface area (Å²) in [5.74, 6) is 5.51. The third-order valence-electron chi connectivity index (χ3n) is 4.53. The molecule has 0 radical (unpaired) electrons. The highest BCUT2D eigenvalue weighted by Crippen LogP contribution is 2.17. The van der Waals surface area contributed by atoms with E-state index in [9.17, 15) is 9.00 Å². The maximum atomic E-state index is 13.0. The molecular formula is C24H22N2O2S. The molecule has 0 aliphatic heterocycles. The molecule has 1 amide bonds. The third kappa shape index (κ3) is 5.18. The first kappa shape index (κ1) is 20.5. The zero-order valence-electron chi connectivity index (χ0n) is 16.9. The van der Waals surface area contributed by atoms with E-state index >= 15 is 0 Å². The number of rotatable bonds is 2. The van der Waals surface area contributed by atoms with Crippen molar-refractivity contribution in [1.82, 2.24) is 4.98 Å². The molecule has 3 rings (SSSR count). The van der Waals surface area contributed by atoms with E-state index in [4.69, 9.17) is 0 Å². The van der Waals surface area contributed by atoms with Gasteiger partial charge in [-0.15, -0.1) is 0 Å². The van der Waals surface area contributed by atoms with E-state index in [0.29, 0.717) is 10.5 Å². The van der Waals surface area contributed by atoms with Crippen molar-refractivity contribution in [3.63, 3.8) is 0 Å². The van der Waals surface area contributed by atoms with E-state index in [1.807, 2.05) is 57.2 Å². The van der Waals surface area contributed by atoms with Crippen LogP contribution in [-0.2, 0) is 9.73 Å². The van der Waals surface area contributed by atoms with Gasteiger partial charge in [0.15, 0.2) is 0 Å². The van der Waals surface area contributed by atoms with E-state index in [-0.39, 0.29) is 5.56 Å². The van der Waals surface area contributed by atoms with Gasteiger partial charge in [-0.05, 0) is 67.8 Å². The van der Waals surface area contributed by atoms with Crippen LogP contribution >= 0.6 is 0 Å². The Hall–Kier alpha value is -3.23. The second-order valence-electron chi connectivity index (χ2n) is 7.03. The van der Waals surface area contributed by atoms with E-state index < -0.39 is 15.6 Å². The van der Waals surface area contributed by atoms with Crippen LogP contribution in [0, 0.1) is 32.6 Å². The van der Waals surface area contributed by atoms with Crippen LogP contribution in [0.3, 0.4) is 0 Å². The first-order chi connectivity index (χ1) is 13.7. The number of hydrogen-bond acceptors (Lipinski definition) is 3. The zero-order valence-corrected chi connectivity index (χ0v) is 17.7. The summed E-state index contributed by atoms with van der Waals surface area (Å²) >= 11 is 0. The molecule has 0 spiro atoms. The summed E-state index contributed by atoms with van der Waals surface area (Å²) in [5, 5.41) is 0. The predicted octanol–water partition coefficient (Wildman–Crippen LogP) is 4.70. The Bertz CT molecular complexity index is 1270. The zero-order chi connectivity index (χ0) is 21.0. The number of hydrogen-bond donors (Lipinski definition) is 0. The molecule has 1 heterocycles. The smallest absolute Gasteiger partial charge is 0.266 e. The molecular weight excluding hydrogens is 380 g/mol. The lowest BCUT2D eigenvalue weighted by Crippen LogP contribution is -2.05. The monoisotopic (exact) mass is 402 g/mol. The summed E-state index contributed by atoms with van der Waals surface area (Å²) in [6.45, 7) is 5.93. The first-order valence-electron chi connectivity index (χ1n) is 9.12. The average molecular weight is 403 g/mol. The van der Waals surface area contributed by atoms with Gasteiger partial charge in [-0.1, -0.05) is 30.0 Å². The molecule has 1 atom stereocenters. The maximum absolute atomic E-state index is 13.0. The van der Waals surface area contributed by atoms with Crippen LogP contribution in [0.2, 0.25) is 0 Å². The van der Waals surface area contributed by atoms with Crippen LogP contribution in [0.5, 0.6) is 0 Å². The second kappa shape index (κ2) is 8.42. The SMILES string of the molecule is Cc1cccc(C#Cc2cncc(C(=O)N=S(C)(=O)c3ccc(C)c(C)c3)c2)c1. The number of carbonyl (C=O) groups excluding carboxylic acids is 1. The van der Waals surface area contributed by atoms with Crippen molar-refractivity contribution in [2.75, 3.05) is 6.26 Å². The van der Waals surface area contributed by atoms with Gasteiger partial charge in [0.1, 0.15) is 0 Å². The second-order valence-corrected chi connectivity index (χ2v) is 9.29. The molecule has 1 unspecified atom stereocenters. The van der Waals surface area contributed by atoms with Crippen LogP contribution in [0.15, 0.2) is 70.2 Å². The topological polar surface area (TPSA) is 59.4 Å². The minimum Gasteiger partial charge on any atom is -0.266 e. The quantitative estimate of drug-likeness (QED) is 0.584. The summed E-state index contributed by atoms with van der Waals surface area (Å²) < 4.78 is 17.0. The van der Waals surface area contributed by atoms with Gasteiger partial charge >= 0.3 is 0 Å². The standard InChI is InChI=1S/C24H22N2O2S/c1-17-6-5-7-20(12-17)9-10-21-14-22(16-25-15-21)24(27)26-29(4,28)23-11-8-18(2)19(3)13-23/h5-8,11-16H,1-4H3. The number of pyridine rings is 1. The van der Waals surface area contributed by atoms with Crippen molar-refractivity contribution in [3.05, 3.63) is 94.3 Å². The highest BCUT2D eigenvalue weighted by molar-refractivity contribution is 7.93. The molecule has 146 valence electrons. The lowest BCUT2D eigenvalue weighted by Gasteiger charge is -2.07. The van der Waals surface area contributed by atoms with Crippen molar-refractivity contribution in [2.24, 2.45) is 4.36 Å². The Morgan fingerprint density at radius 2 is 1.69 bits per heavy atom. The Balaban J connectivity index is 1.90. The van der Waals surface area contributed by atoms with Crippen molar-refractivity contribution in [2.45, 2.75) is 25.7 Å². The number of nitrogens with zero attached hydrogens (tertiary/aromatic N) is 2. The molecule has 1 aromatic heterocycles. The Labute approximate surface area is 172 Å². The Kier molecular flexibility index (Phi) is 5.95. The Morgan fingerprint density at radius 1 is 0.931 bits per heavy atom. The van der Waals surface area contributed by atoms with Gasteiger partial charge in [-0.25, -0.2) is 4.21 Å². The first-order valence-corrected chi connectivity index (χ1v) is 11.0. The molecule has 0 bridgehead atoms. The minimum absolute atomic E-state index is 0.263. The summed E-state index contributed by atoms with van der Waals surface area (Å²) in [6, 6.07) is 14.9. The van der Waals surface area contributed by atoms with Gasteiger partial charge in [-0.3, -0.25) is 9.78 Å².